The highest BCUT2D eigenvalue weighted by Crippen LogP contribution is 2.11. The Bertz CT molecular complexity index is 453. The van der Waals surface area contributed by atoms with Crippen LogP contribution in [0.1, 0.15) is 5.56 Å². The largest absolute Gasteiger partial charge is 0.454 e. The van der Waals surface area contributed by atoms with Crippen LogP contribution in [0, 0.1) is 6.92 Å². The molecule has 1 rings (SSSR count). The maximum Gasteiger partial charge on any atom is 0.454 e. The first kappa shape index (κ1) is 10.4. The summed E-state index contributed by atoms with van der Waals surface area (Å²) in [4.78, 5) is 10.7. The van der Waals surface area contributed by atoms with E-state index in [0.29, 0.717) is 0 Å². The predicted molar refractivity (Wildman–Crippen MR) is 48.6 cm³/mol. The Labute approximate surface area is 82.0 Å². The number of benzene rings is 1. The van der Waals surface area contributed by atoms with Crippen molar-refractivity contribution >= 4 is 16.6 Å². The SMILES string of the molecule is Cc1ccc(OC(=O)N=S(=O)=O)cc1. The van der Waals surface area contributed by atoms with Gasteiger partial charge in [-0.1, -0.05) is 22.1 Å². The van der Waals surface area contributed by atoms with Gasteiger partial charge < -0.3 is 4.74 Å². The van der Waals surface area contributed by atoms with Gasteiger partial charge in [0.2, 0.25) is 0 Å². The molecule has 1 aromatic rings. The molecule has 6 heteroatoms. The van der Waals surface area contributed by atoms with Crippen molar-refractivity contribution in [2.24, 2.45) is 4.36 Å². The summed E-state index contributed by atoms with van der Waals surface area (Å²) in [5, 5.41) is 0. The van der Waals surface area contributed by atoms with Gasteiger partial charge in [0.25, 0.3) is 0 Å². The first-order valence-electron chi connectivity index (χ1n) is 3.67. The third-order valence-corrected chi connectivity index (χ3v) is 1.67. The zero-order valence-corrected chi connectivity index (χ0v) is 8.11. The summed E-state index contributed by atoms with van der Waals surface area (Å²) < 4.78 is 27.2. The van der Waals surface area contributed by atoms with Gasteiger partial charge >= 0.3 is 16.6 Å². The molecule has 0 unspecified atom stereocenters. The highest BCUT2D eigenvalue weighted by molar-refractivity contribution is 7.62. The van der Waals surface area contributed by atoms with Crippen LogP contribution < -0.4 is 4.74 Å². The quantitative estimate of drug-likeness (QED) is 0.709. The second kappa shape index (κ2) is 4.52. The van der Waals surface area contributed by atoms with Crippen LogP contribution in [0.4, 0.5) is 4.79 Å². The fourth-order valence-corrected chi connectivity index (χ4v) is 0.946. The fraction of sp³-hybridized carbons (Fsp3) is 0.125. The minimum Gasteiger partial charge on any atom is -0.408 e. The first-order valence-corrected chi connectivity index (χ1v) is 4.71. The molecule has 0 radical (unpaired) electrons. The first-order chi connectivity index (χ1) is 6.58. The average Bonchev–Trinajstić information content (AvgIpc) is 2.07. The summed E-state index contributed by atoms with van der Waals surface area (Å²) in [6, 6.07) is 6.57. The number of hydrogen-bond donors (Lipinski definition) is 0. The number of rotatable bonds is 1. The summed E-state index contributed by atoms with van der Waals surface area (Å²) >= 11 is 0. The molecule has 0 heterocycles. The van der Waals surface area contributed by atoms with Crippen molar-refractivity contribution < 1.29 is 17.9 Å². The molecule has 5 nitrogen and oxygen atoms in total. The van der Waals surface area contributed by atoms with Gasteiger partial charge in [-0.25, -0.2) is 4.79 Å². The van der Waals surface area contributed by atoms with Crippen LogP contribution in [0.2, 0.25) is 0 Å². The Morgan fingerprint density at radius 3 is 2.36 bits per heavy atom. The summed E-state index contributed by atoms with van der Waals surface area (Å²) in [6.45, 7) is 1.88. The minimum atomic E-state index is -2.77. The molecule has 0 aliphatic carbocycles. The molecule has 0 saturated carbocycles. The van der Waals surface area contributed by atoms with Gasteiger partial charge in [0.05, 0.1) is 0 Å². The predicted octanol–water partition coefficient (Wildman–Crippen LogP) is 1.56. The third kappa shape index (κ3) is 3.36. The minimum absolute atomic E-state index is 0.259. The van der Waals surface area contributed by atoms with E-state index in [1.54, 1.807) is 24.3 Å². The lowest BCUT2D eigenvalue weighted by atomic mass is 10.2. The monoisotopic (exact) mass is 213 g/mol. The van der Waals surface area contributed by atoms with Crippen molar-refractivity contribution in [2.75, 3.05) is 0 Å². The maximum absolute atomic E-state index is 10.7. The van der Waals surface area contributed by atoms with E-state index in [2.05, 4.69) is 9.10 Å². The van der Waals surface area contributed by atoms with E-state index in [1.807, 2.05) is 6.92 Å². The van der Waals surface area contributed by atoms with Gasteiger partial charge in [-0.3, -0.25) is 0 Å². The molecular weight excluding hydrogens is 206 g/mol. The molecule has 0 spiro atoms. The molecule has 0 fully saturated rings. The van der Waals surface area contributed by atoms with Gasteiger partial charge in [0.1, 0.15) is 5.75 Å². The van der Waals surface area contributed by atoms with Gasteiger partial charge in [0, 0.05) is 0 Å². The number of aryl methyl sites for hydroxylation is 1. The Hall–Kier alpha value is -1.69. The number of carbonyl (C=O) groups excluding carboxylic acids is 1. The van der Waals surface area contributed by atoms with Crippen LogP contribution in [0.25, 0.3) is 0 Å². The van der Waals surface area contributed by atoms with Crippen LogP contribution in [-0.2, 0) is 10.5 Å². The summed E-state index contributed by atoms with van der Waals surface area (Å²) in [6.07, 6.45) is -1.15. The maximum atomic E-state index is 10.7. The lowest BCUT2D eigenvalue weighted by molar-refractivity contribution is 0.212. The second-order valence-electron chi connectivity index (χ2n) is 2.49. The molecule has 1 amide bonds. The lowest BCUT2D eigenvalue weighted by Gasteiger charge is -1.98. The van der Waals surface area contributed by atoms with E-state index < -0.39 is 16.6 Å². The van der Waals surface area contributed by atoms with Gasteiger partial charge in [-0.15, -0.1) is 0 Å². The zero-order valence-electron chi connectivity index (χ0n) is 7.30. The van der Waals surface area contributed by atoms with Crippen LogP contribution in [-0.4, -0.2) is 14.5 Å². The Morgan fingerprint density at radius 1 is 1.29 bits per heavy atom. The summed E-state index contributed by atoms with van der Waals surface area (Å²) in [5.74, 6) is 0.259. The van der Waals surface area contributed by atoms with Crippen molar-refractivity contribution in [3.05, 3.63) is 29.8 Å². The number of carbonyl (C=O) groups is 1. The Kier molecular flexibility index (Phi) is 3.35. The van der Waals surface area contributed by atoms with E-state index in [4.69, 9.17) is 0 Å². The number of amides is 1. The second-order valence-corrected chi connectivity index (χ2v) is 3.11. The molecule has 1 aromatic carbocycles. The zero-order chi connectivity index (χ0) is 10.6. The van der Waals surface area contributed by atoms with Crippen LogP contribution in [0.15, 0.2) is 28.6 Å². The van der Waals surface area contributed by atoms with Crippen LogP contribution in [0.3, 0.4) is 0 Å². The average molecular weight is 213 g/mol. The molecule has 14 heavy (non-hydrogen) atoms. The van der Waals surface area contributed by atoms with Crippen LogP contribution in [0.5, 0.6) is 5.75 Å². The molecule has 74 valence electrons. The summed E-state index contributed by atoms with van der Waals surface area (Å²) in [5.41, 5.74) is 1.01. The molecule has 0 saturated heterocycles. The molecule has 0 aliphatic rings. The van der Waals surface area contributed by atoms with Gasteiger partial charge in [-0.05, 0) is 19.1 Å². The molecule has 0 aliphatic heterocycles. The Balaban J connectivity index is 2.75. The molecular formula is C8H7NO4S. The van der Waals surface area contributed by atoms with E-state index in [1.165, 1.54) is 0 Å². The van der Waals surface area contributed by atoms with Gasteiger partial charge in [0.15, 0.2) is 0 Å². The topological polar surface area (TPSA) is 72.8 Å². The standard InChI is InChI=1S/C8H7NO4S/c1-6-2-4-7(5-3-6)13-8(10)9-14(11)12/h2-5H,1H3. The van der Waals surface area contributed by atoms with E-state index in [-0.39, 0.29) is 5.75 Å². The highest BCUT2D eigenvalue weighted by atomic mass is 32.2. The highest BCUT2D eigenvalue weighted by Gasteiger charge is 2.01. The number of nitrogens with zero attached hydrogens (tertiary/aromatic N) is 1. The molecule has 0 N–H and O–H groups in total. The van der Waals surface area contributed by atoms with Crippen molar-refractivity contribution in [1.29, 1.82) is 0 Å². The number of hydrogen-bond acceptors (Lipinski definition) is 4. The van der Waals surface area contributed by atoms with Crippen molar-refractivity contribution in [2.45, 2.75) is 6.92 Å². The summed E-state index contributed by atoms with van der Waals surface area (Å²) in [7, 11) is -2.77. The smallest absolute Gasteiger partial charge is 0.408 e. The van der Waals surface area contributed by atoms with Crippen LogP contribution >= 0.6 is 0 Å². The van der Waals surface area contributed by atoms with Crippen molar-refractivity contribution in [3.8, 4) is 5.75 Å². The lowest BCUT2D eigenvalue weighted by Crippen LogP contribution is -2.01. The van der Waals surface area contributed by atoms with E-state index >= 15 is 0 Å². The van der Waals surface area contributed by atoms with E-state index in [0.717, 1.165) is 5.56 Å². The fourth-order valence-electron chi connectivity index (χ4n) is 0.787. The number of ether oxygens (including phenoxy) is 1. The third-order valence-electron chi connectivity index (χ3n) is 1.38. The molecule has 0 atom stereocenters. The normalized spacial score (nSPS) is 9.21. The van der Waals surface area contributed by atoms with Crippen molar-refractivity contribution in [3.63, 3.8) is 0 Å². The molecule has 0 bridgehead atoms. The molecule has 0 aromatic heterocycles. The van der Waals surface area contributed by atoms with Crippen molar-refractivity contribution in [1.82, 2.24) is 0 Å². The Morgan fingerprint density at radius 2 is 1.86 bits per heavy atom. The van der Waals surface area contributed by atoms with E-state index in [9.17, 15) is 13.2 Å². The van der Waals surface area contributed by atoms with Gasteiger partial charge in [-0.2, -0.15) is 8.42 Å².